The van der Waals surface area contributed by atoms with Crippen molar-refractivity contribution in [1.29, 1.82) is 0 Å². The predicted octanol–water partition coefficient (Wildman–Crippen LogP) is 4.25. The Kier molecular flexibility index (Phi) is 5.35. The van der Waals surface area contributed by atoms with Crippen molar-refractivity contribution < 1.29 is 23.2 Å². The molecule has 1 aromatic carbocycles. The first-order valence-electron chi connectivity index (χ1n) is 7.55. The Balaban J connectivity index is 1.45. The number of Topliss-reactive ketones (excluding diaryl/α,β-unsaturated/α-hetero) is 1. The topological polar surface area (TPSA) is 69.4 Å². The number of halogens is 1. The first-order valence-corrected chi connectivity index (χ1v) is 8.43. The summed E-state index contributed by atoms with van der Waals surface area (Å²) in [7, 11) is 0. The predicted molar refractivity (Wildman–Crippen MR) is 89.6 cm³/mol. The molecule has 7 heteroatoms. The molecule has 0 spiro atoms. The number of nitrogens with zero attached hydrogens (tertiary/aromatic N) is 1. The van der Waals surface area contributed by atoms with Crippen LogP contribution in [-0.4, -0.2) is 16.9 Å². The molecule has 0 aliphatic rings. The van der Waals surface area contributed by atoms with Crippen molar-refractivity contribution in [2.24, 2.45) is 0 Å². The molecule has 0 bridgehead atoms. The zero-order valence-electron chi connectivity index (χ0n) is 13.1. The molecule has 5 nitrogen and oxygen atoms in total. The highest BCUT2D eigenvalue weighted by molar-refractivity contribution is 7.13. The smallest absolute Gasteiger partial charge is 0.306 e. The molecule has 3 aromatic rings. The second-order valence-corrected chi connectivity index (χ2v) is 6.20. The van der Waals surface area contributed by atoms with Gasteiger partial charge in [-0.25, -0.2) is 4.39 Å². The summed E-state index contributed by atoms with van der Waals surface area (Å²) in [6, 6.07) is 10.7. The lowest BCUT2D eigenvalue weighted by Gasteiger charge is -2.02. The van der Waals surface area contributed by atoms with Crippen LogP contribution in [0.2, 0.25) is 0 Å². The number of rotatable bonds is 7. The van der Waals surface area contributed by atoms with Gasteiger partial charge in [0.2, 0.25) is 0 Å². The van der Waals surface area contributed by atoms with Gasteiger partial charge in [-0.3, -0.25) is 9.59 Å². The van der Waals surface area contributed by atoms with E-state index in [1.807, 2.05) is 17.5 Å². The minimum Gasteiger partial charge on any atom is -0.459 e. The van der Waals surface area contributed by atoms with Crippen LogP contribution in [0, 0.1) is 5.82 Å². The van der Waals surface area contributed by atoms with Crippen LogP contribution >= 0.6 is 11.3 Å². The van der Waals surface area contributed by atoms with Crippen LogP contribution in [0.15, 0.2) is 52.4 Å². The number of esters is 1. The fraction of sp³-hybridized carbons (Fsp3) is 0.167. The average molecular weight is 359 g/mol. The van der Waals surface area contributed by atoms with E-state index in [1.54, 1.807) is 6.07 Å². The Bertz CT molecular complexity index is 856. The van der Waals surface area contributed by atoms with Gasteiger partial charge in [0.1, 0.15) is 18.1 Å². The van der Waals surface area contributed by atoms with Gasteiger partial charge in [0.15, 0.2) is 11.5 Å². The summed E-state index contributed by atoms with van der Waals surface area (Å²) in [4.78, 5) is 24.6. The highest BCUT2D eigenvalue weighted by atomic mass is 32.1. The van der Waals surface area contributed by atoms with Crippen LogP contribution in [0.25, 0.3) is 10.6 Å². The number of hydrogen-bond acceptors (Lipinski definition) is 6. The number of ether oxygens (including phenoxy) is 1. The third-order valence-electron chi connectivity index (χ3n) is 3.43. The maximum absolute atomic E-state index is 12.8. The van der Waals surface area contributed by atoms with Gasteiger partial charge in [0, 0.05) is 18.1 Å². The highest BCUT2D eigenvalue weighted by Crippen LogP contribution is 2.25. The minimum atomic E-state index is -0.504. The molecule has 2 heterocycles. The number of thiophene rings is 1. The minimum absolute atomic E-state index is 0.00370. The molecule has 0 saturated heterocycles. The molecule has 2 aromatic heterocycles. The van der Waals surface area contributed by atoms with Crippen molar-refractivity contribution in [1.82, 2.24) is 5.16 Å². The zero-order chi connectivity index (χ0) is 17.6. The van der Waals surface area contributed by atoms with Crippen LogP contribution in [0.3, 0.4) is 0 Å². The van der Waals surface area contributed by atoms with E-state index in [-0.39, 0.29) is 25.2 Å². The number of ketones is 1. The molecular weight excluding hydrogens is 345 g/mol. The first-order chi connectivity index (χ1) is 12.1. The van der Waals surface area contributed by atoms with Gasteiger partial charge in [-0.05, 0) is 35.7 Å². The van der Waals surface area contributed by atoms with Gasteiger partial charge in [-0.15, -0.1) is 11.3 Å². The Morgan fingerprint density at radius 1 is 1.16 bits per heavy atom. The van der Waals surface area contributed by atoms with Gasteiger partial charge in [-0.1, -0.05) is 11.2 Å². The van der Waals surface area contributed by atoms with E-state index in [0.29, 0.717) is 17.0 Å². The number of carbonyl (C=O) groups excluding carboxylic acids is 2. The Hall–Kier alpha value is -2.80. The van der Waals surface area contributed by atoms with Gasteiger partial charge in [0.25, 0.3) is 0 Å². The second-order valence-electron chi connectivity index (χ2n) is 5.25. The average Bonchev–Trinajstić information content (AvgIpc) is 3.29. The van der Waals surface area contributed by atoms with E-state index < -0.39 is 11.8 Å². The Morgan fingerprint density at radius 3 is 2.68 bits per heavy atom. The maximum Gasteiger partial charge on any atom is 0.306 e. The van der Waals surface area contributed by atoms with Crippen molar-refractivity contribution in [2.75, 3.05) is 0 Å². The fourth-order valence-corrected chi connectivity index (χ4v) is 2.81. The highest BCUT2D eigenvalue weighted by Gasteiger charge is 2.12. The quantitative estimate of drug-likeness (QED) is 0.466. The molecular formula is C18H14FNO4S. The summed E-state index contributed by atoms with van der Waals surface area (Å²) in [6.45, 7) is -0.0154. The van der Waals surface area contributed by atoms with Crippen molar-refractivity contribution >= 4 is 23.1 Å². The molecule has 0 amide bonds. The molecule has 128 valence electrons. The summed E-state index contributed by atoms with van der Waals surface area (Å²) in [5, 5.41) is 5.77. The molecule has 0 radical (unpaired) electrons. The third kappa shape index (κ3) is 4.60. The van der Waals surface area contributed by atoms with Gasteiger partial charge in [-0.2, -0.15) is 0 Å². The Labute approximate surface area is 147 Å². The maximum atomic E-state index is 12.8. The molecule has 0 unspecified atom stereocenters. The van der Waals surface area contributed by atoms with E-state index in [9.17, 15) is 14.0 Å². The number of carbonyl (C=O) groups is 2. The Morgan fingerprint density at radius 2 is 1.96 bits per heavy atom. The van der Waals surface area contributed by atoms with E-state index in [4.69, 9.17) is 9.26 Å². The first kappa shape index (κ1) is 17.0. The van der Waals surface area contributed by atoms with Gasteiger partial charge in [0.05, 0.1) is 11.3 Å². The van der Waals surface area contributed by atoms with Gasteiger partial charge >= 0.3 is 5.97 Å². The van der Waals surface area contributed by atoms with Crippen LogP contribution in [0.4, 0.5) is 4.39 Å². The number of hydrogen-bond donors (Lipinski definition) is 0. The fourth-order valence-electron chi connectivity index (χ4n) is 2.14. The van der Waals surface area contributed by atoms with Crippen LogP contribution in [-0.2, 0) is 16.1 Å². The molecule has 3 rings (SSSR count). The van der Waals surface area contributed by atoms with Crippen LogP contribution in [0.1, 0.15) is 28.9 Å². The van der Waals surface area contributed by atoms with Crippen LogP contribution < -0.4 is 0 Å². The van der Waals surface area contributed by atoms with E-state index in [0.717, 1.165) is 4.88 Å². The van der Waals surface area contributed by atoms with E-state index in [2.05, 4.69) is 5.16 Å². The normalized spacial score (nSPS) is 10.6. The summed E-state index contributed by atoms with van der Waals surface area (Å²) < 4.78 is 23.1. The largest absolute Gasteiger partial charge is 0.459 e. The molecule has 0 saturated carbocycles. The lowest BCUT2D eigenvalue weighted by molar-refractivity contribution is -0.145. The number of aromatic nitrogens is 1. The summed E-state index contributed by atoms with van der Waals surface area (Å²) >= 11 is 1.52. The van der Waals surface area contributed by atoms with Crippen molar-refractivity contribution in [3.63, 3.8) is 0 Å². The zero-order valence-corrected chi connectivity index (χ0v) is 13.9. The standard InChI is InChI=1S/C18H14FNO4S/c19-13-5-3-12(4-6-13)15(21)7-8-18(22)23-11-14-10-16(24-20-14)17-2-1-9-25-17/h1-6,9-10H,7-8,11H2. The molecule has 0 fully saturated rings. The third-order valence-corrected chi connectivity index (χ3v) is 4.31. The summed E-state index contributed by atoms with van der Waals surface area (Å²) in [6.07, 6.45) is -0.0461. The monoisotopic (exact) mass is 359 g/mol. The number of benzene rings is 1. The van der Waals surface area contributed by atoms with Crippen molar-refractivity contribution in [2.45, 2.75) is 19.4 Å². The molecule has 0 atom stereocenters. The molecule has 25 heavy (non-hydrogen) atoms. The SMILES string of the molecule is O=C(CCC(=O)c1ccc(F)cc1)OCc1cc(-c2cccs2)on1. The van der Waals surface area contributed by atoms with E-state index in [1.165, 1.54) is 35.6 Å². The van der Waals surface area contributed by atoms with Crippen molar-refractivity contribution in [3.8, 4) is 10.6 Å². The summed E-state index contributed by atoms with van der Waals surface area (Å²) in [5.74, 6) is -0.535. The molecule has 0 aliphatic heterocycles. The summed E-state index contributed by atoms with van der Waals surface area (Å²) in [5.41, 5.74) is 0.868. The lowest BCUT2D eigenvalue weighted by Crippen LogP contribution is -2.08. The van der Waals surface area contributed by atoms with E-state index >= 15 is 0 Å². The lowest BCUT2D eigenvalue weighted by atomic mass is 10.1. The van der Waals surface area contributed by atoms with Crippen LogP contribution in [0.5, 0.6) is 0 Å². The second kappa shape index (κ2) is 7.85. The van der Waals surface area contributed by atoms with Gasteiger partial charge < -0.3 is 9.26 Å². The molecule has 0 N–H and O–H groups in total. The van der Waals surface area contributed by atoms with Crippen molar-refractivity contribution in [3.05, 3.63) is 64.9 Å². The molecule has 0 aliphatic carbocycles.